The highest BCUT2D eigenvalue weighted by Gasteiger charge is 2.38. The maximum absolute atomic E-state index is 11.8. The van der Waals surface area contributed by atoms with E-state index in [-0.39, 0.29) is 29.8 Å². The molecular formula is C27H48N2O9. The summed E-state index contributed by atoms with van der Waals surface area (Å²) in [5.74, 6) is -2.02. The molecule has 0 aromatic carbocycles. The van der Waals surface area contributed by atoms with Gasteiger partial charge in [0, 0.05) is 0 Å². The number of carbonyl (C=O) groups is 3. The summed E-state index contributed by atoms with van der Waals surface area (Å²) in [6, 6.07) is -1.76. The summed E-state index contributed by atoms with van der Waals surface area (Å²) >= 11 is 0. The van der Waals surface area contributed by atoms with E-state index in [4.69, 9.17) is 35.3 Å². The second kappa shape index (κ2) is 16.5. The Balaban J connectivity index is 0.000000628. The lowest BCUT2D eigenvalue weighted by molar-refractivity contribution is -0.143. The minimum absolute atomic E-state index is 0.0861. The van der Waals surface area contributed by atoms with Gasteiger partial charge in [-0.3, -0.25) is 4.79 Å². The number of carbonyl (C=O) groups excluding carboxylic acids is 1. The van der Waals surface area contributed by atoms with E-state index in [2.05, 4.69) is 18.5 Å². The van der Waals surface area contributed by atoms with E-state index in [1.807, 2.05) is 0 Å². The summed E-state index contributed by atoms with van der Waals surface area (Å²) in [7, 11) is 0. The third-order valence-electron chi connectivity index (χ3n) is 6.02. The van der Waals surface area contributed by atoms with Gasteiger partial charge in [0.05, 0.1) is 31.5 Å². The molecule has 2 aliphatic rings. The predicted octanol–water partition coefficient (Wildman–Crippen LogP) is 3.10. The molecule has 1 amide bonds. The number of hydrogen-bond donors (Lipinski definition) is 5. The third-order valence-corrected chi connectivity index (χ3v) is 6.02. The van der Waals surface area contributed by atoms with Crippen LogP contribution in [0.15, 0.2) is 25.3 Å². The lowest BCUT2D eigenvalue weighted by Gasteiger charge is -2.36. The molecule has 0 heterocycles. The highest BCUT2D eigenvalue weighted by atomic mass is 16.6. The Bertz CT molecular complexity index is 773. The van der Waals surface area contributed by atoms with Crippen LogP contribution in [0.1, 0.15) is 67.2 Å². The van der Waals surface area contributed by atoms with Gasteiger partial charge in [-0.1, -0.05) is 53.7 Å². The number of rotatable bonds is 10. The molecule has 6 N–H and O–H groups in total. The number of hydrogen-bond acceptors (Lipinski definition) is 8. The van der Waals surface area contributed by atoms with E-state index in [0.29, 0.717) is 13.2 Å². The van der Waals surface area contributed by atoms with Gasteiger partial charge in [-0.15, -0.1) is 13.2 Å². The Morgan fingerprint density at radius 3 is 1.61 bits per heavy atom. The van der Waals surface area contributed by atoms with Gasteiger partial charge >= 0.3 is 18.0 Å². The lowest BCUT2D eigenvalue weighted by atomic mass is 9.87. The smallest absolute Gasteiger partial charge is 0.408 e. The van der Waals surface area contributed by atoms with Crippen molar-refractivity contribution in [2.24, 2.45) is 16.6 Å². The lowest BCUT2D eigenvalue weighted by Crippen LogP contribution is -2.52. The number of aliphatic carboxylic acids is 2. The molecule has 0 spiro atoms. The van der Waals surface area contributed by atoms with Crippen LogP contribution in [-0.4, -0.2) is 83.1 Å². The van der Waals surface area contributed by atoms with Crippen LogP contribution in [0.2, 0.25) is 0 Å². The Hall–Kier alpha value is -2.47. The molecule has 2 rings (SSSR count). The molecule has 0 radical (unpaired) electrons. The normalized spacial score (nSPS) is 23.8. The highest BCUT2D eigenvalue weighted by Crippen LogP contribution is 2.27. The van der Waals surface area contributed by atoms with Crippen molar-refractivity contribution in [2.45, 2.75) is 104 Å². The highest BCUT2D eigenvalue weighted by molar-refractivity contribution is 5.80. The zero-order valence-corrected chi connectivity index (χ0v) is 23.6. The van der Waals surface area contributed by atoms with Crippen LogP contribution in [0, 0.1) is 10.8 Å². The molecule has 0 aromatic heterocycles. The molecule has 2 aliphatic carbocycles. The van der Waals surface area contributed by atoms with Crippen molar-refractivity contribution in [1.82, 2.24) is 5.32 Å². The quantitative estimate of drug-likeness (QED) is 0.257. The molecule has 0 aliphatic heterocycles. The fourth-order valence-corrected chi connectivity index (χ4v) is 3.10. The predicted molar refractivity (Wildman–Crippen MR) is 144 cm³/mol. The number of carboxylic acid groups (broad SMARTS) is 2. The van der Waals surface area contributed by atoms with Gasteiger partial charge in [-0.25, -0.2) is 9.59 Å². The average molecular weight is 545 g/mol. The molecule has 11 heteroatoms. The SMILES string of the molecule is C=CCO[C@@H]1CC[C@H]1O.C=CCO[C@@H]1CC[C@H]1OC(=O)N[C@H](C(=O)O)C(C)(C)C.CC(C)(C)[C@H](N)C(=O)O. The van der Waals surface area contributed by atoms with Crippen molar-refractivity contribution in [3.05, 3.63) is 25.3 Å². The summed E-state index contributed by atoms with van der Waals surface area (Å²) in [4.78, 5) is 33.1. The third kappa shape index (κ3) is 13.4. The number of nitrogens with two attached hydrogens (primary N) is 1. The van der Waals surface area contributed by atoms with Crippen LogP contribution in [0.5, 0.6) is 0 Å². The molecule has 0 unspecified atom stereocenters. The minimum atomic E-state index is -1.08. The second-order valence-corrected chi connectivity index (χ2v) is 11.5. The molecule has 0 aromatic rings. The van der Waals surface area contributed by atoms with E-state index in [1.54, 1.807) is 53.7 Å². The largest absolute Gasteiger partial charge is 0.480 e. The maximum Gasteiger partial charge on any atom is 0.408 e. The first-order valence-electron chi connectivity index (χ1n) is 12.8. The van der Waals surface area contributed by atoms with Gasteiger partial charge in [0.1, 0.15) is 18.2 Å². The number of nitrogens with one attached hydrogen (secondary N) is 1. The van der Waals surface area contributed by atoms with Crippen LogP contribution < -0.4 is 11.1 Å². The topological polar surface area (TPSA) is 178 Å². The van der Waals surface area contributed by atoms with Crippen LogP contribution in [0.25, 0.3) is 0 Å². The number of carboxylic acids is 2. The van der Waals surface area contributed by atoms with Crippen molar-refractivity contribution in [3.8, 4) is 0 Å². The molecule has 38 heavy (non-hydrogen) atoms. The molecule has 2 saturated carbocycles. The molecule has 0 saturated heterocycles. The number of aliphatic hydroxyl groups is 1. The minimum Gasteiger partial charge on any atom is -0.480 e. The first-order valence-corrected chi connectivity index (χ1v) is 12.8. The number of aliphatic hydroxyl groups excluding tert-OH is 1. The molecular weight excluding hydrogens is 496 g/mol. The van der Waals surface area contributed by atoms with Crippen molar-refractivity contribution in [2.75, 3.05) is 13.2 Å². The second-order valence-electron chi connectivity index (χ2n) is 11.5. The number of ether oxygens (including phenoxy) is 3. The molecule has 220 valence electrons. The van der Waals surface area contributed by atoms with Crippen molar-refractivity contribution in [1.29, 1.82) is 0 Å². The summed E-state index contributed by atoms with van der Waals surface area (Å²) in [6.45, 7) is 18.6. The van der Waals surface area contributed by atoms with E-state index in [0.717, 1.165) is 25.7 Å². The van der Waals surface area contributed by atoms with Crippen molar-refractivity contribution >= 4 is 18.0 Å². The van der Waals surface area contributed by atoms with Crippen LogP contribution in [0.4, 0.5) is 4.79 Å². The maximum atomic E-state index is 11.8. The van der Waals surface area contributed by atoms with Gasteiger partial charge in [0.25, 0.3) is 0 Å². The Morgan fingerprint density at radius 1 is 0.868 bits per heavy atom. The number of alkyl carbamates (subject to hydrolysis) is 1. The van der Waals surface area contributed by atoms with Gasteiger partial charge in [-0.05, 0) is 36.5 Å². The van der Waals surface area contributed by atoms with E-state index in [1.165, 1.54) is 0 Å². The number of amides is 1. The van der Waals surface area contributed by atoms with Crippen LogP contribution in [-0.2, 0) is 23.8 Å². The van der Waals surface area contributed by atoms with E-state index in [9.17, 15) is 14.4 Å². The molecule has 0 bridgehead atoms. The summed E-state index contributed by atoms with van der Waals surface area (Å²) in [5, 5.41) is 28.9. The van der Waals surface area contributed by atoms with Crippen LogP contribution >= 0.6 is 0 Å². The molecule has 2 fully saturated rings. The van der Waals surface area contributed by atoms with Crippen molar-refractivity contribution in [3.63, 3.8) is 0 Å². The fraction of sp³-hybridized carbons (Fsp3) is 0.741. The van der Waals surface area contributed by atoms with E-state index < -0.39 is 35.5 Å². The van der Waals surface area contributed by atoms with Gasteiger partial charge < -0.3 is 40.6 Å². The molecule has 11 nitrogen and oxygen atoms in total. The zero-order valence-electron chi connectivity index (χ0n) is 23.6. The van der Waals surface area contributed by atoms with Crippen LogP contribution in [0.3, 0.4) is 0 Å². The van der Waals surface area contributed by atoms with Gasteiger partial charge in [-0.2, -0.15) is 0 Å². The monoisotopic (exact) mass is 544 g/mol. The summed E-state index contributed by atoms with van der Waals surface area (Å²) < 4.78 is 15.8. The standard InChI is InChI=1S/C14H23NO5.C7H12O2.C6H13NO2/c1-5-8-19-9-6-7-10(9)20-13(18)15-11(12(16)17)14(2,3)4;1-2-5-9-7-4-3-6(7)8;1-6(2,3)4(7)5(8)9/h5,9-11H,1,6-8H2,2-4H3,(H,15,18)(H,16,17);2,6-8H,1,3-5H2;4H,7H2,1-3H3,(H,8,9)/t9-,10-,11-;6-,7-;4-/m111/s1. The zero-order chi connectivity index (χ0) is 29.7. The van der Waals surface area contributed by atoms with Crippen molar-refractivity contribution < 1.29 is 43.9 Å². The van der Waals surface area contributed by atoms with Gasteiger partial charge in [0.15, 0.2) is 0 Å². The Kier molecular flexibility index (Phi) is 15.4. The Labute approximate surface area is 226 Å². The fourth-order valence-electron chi connectivity index (χ4n) is 3.10. The summed E-state index contributed by atoms with van der Waals surface area (Å²) in [6.07, 6.45) is 5.48. The molecule has 6 atom stereocenters. The summed E-state index contributed by atoms with van der Waals surface area (Å²) in [5.41, 5.74) is 4.36. The Morgan fingerprint density at radius 2 is 1.34 bits per heavy atom. The first-order chi connectivity index (χ1) is 17.4. The van der Waals surface area contributed by atoms with E-state index >= 15 is 0 Å². The van der Waals surface area contributed by atoms with Gasteiger partial charge in [0.2, 0.25) is 0 Å². The first kappa shape index (κ1) is 35.5. The average Bonchev–Trinajstić information content (AvgIpc) is 2.78.